The lowest BCUT2D eigenvalue weighted by atomic mass is 10.1. The summed E-state index contributed by atoms with van der Waals surface area (Å²) in [5.74, 6) is 1.63. The van der Waals surface area contributed by atoms with Gasteiger partial charge in [0.05, 0.1) is 20.3 Å². The van der Waals surface area contributed by atoms with Crippen molar-refractivity contribution in [3.05, 3.63) is 62.2 Å². The Kier molecular flexibility index (Phi) is 6.07. The van der Waals surface area contributed by atoms with Crippen LogP contribution in [0.25, 0.3) is 0 Å². The second-order valence-electron chi connectivity index (χ2n) is 5.77. The lowest BCUT2D eigenvalue weighted by Gasteiger charge is -2.18. The van der Waals surface area contributed by atoms with Gasteiger partial charge in [0.25, 0.3) is 0 Å². The lowest BCUT2D eigenvalue weighted by Crippen LogP contribution is -2.23. The quantitative estimate of drug-likeness (QED) is 0.626. The van der Waals surface area contributed by atoms with Gasteiger partial charge in [0.2, 0.25) is 0 Å². The highest BCUT2D eigenvalue weighted by Crippen LogP contribution is 2.27. The molecule has 0 saturated heterocycles. The Labute approximate surface area is 156 Å². The van der Waals surface area contributed by atoms with E-state index in [1.54, 1.807) is 36.9 Å². The Morgan fingerprint density at radius 1 is 1.16 bits per heavy atom. The molecule has 0 aliphatic heterocycles. The minimum atomic E-state index is 0.181. The third kappa shape index (κ3) is 4.60. The molecule has 4 nitrogen and oxygen atoms in total. The molecule has 2 heterocycles. The minimum Gasteiger partial charge on any atom is -0.497 e. The molecule has 0 bridgehead atoms. The van der Waals surface area contributed by atoms with Crippen molar-refractivity contribution >= 4 is 22.7 Å². The third-order valence-corrected chi connectivity index (χ3v) is 5.80. The first-order chi connectivity index (χ1) is 12.2. The van der Waals surface area contributed by atoms with Gasteiger partial charge >= 0.3 is 0 Å². The summed E-state index contributed by atoms with van der Waals surface area (Å²) < 4.78 is 10.8. The van der Waals surface area contributed by atoms with Crippen LogP contribution in [0, 0.1) is 6.92 Å². The van der Waals surface area contributed by atoms with Crippen LogP contribution in [0.3, 0.4) is 0 Å². The molecular formula is C19H22N2O2S2. The number of rotatable bonds is 8. The fourth-order valence-corrected chi connectivity index (χ4v) is 4.21. The van der Waals surface area contributed by atoms with Gasteiger partial charge in [-0.05, 0) is 41.8 Å². The van der Waals surface area contributed by atoms with Crippen LogP contribution in [0.5, 0.6) is 11.5 Å². The molecule has 25 heavy (non-hydrogen) atoms. The van der Waals surface area contributed by atoms with Gasteiger partial charge in [-0.15, -0.1) is 11.3 Å². The molecule has 0 radical (unpaired) electrons. The maximum absolute atomic E-state index is 5.50. The number of thiophene rings is 1. The van der Waals surface area contributed by atoms with Gasteiger partial charge < -0.3 is 14.8 Å². The predicted octanol–water partition coefficient (Wildman–Crippen LogP) is 4.60. The largest absolute Gasteiger partial charge is 0.497 e. The summed E-state index contributed by atoms with van der Waals surface area (Å²) in [7, 11) is 3.35. The molecule has 0 amide bonds. The van der Waals surface area contributed by atoms with Crippen molar-refractivity contribution in [1.82, 2.24) is 10.3 Å². The number of ether oxygens (including phenoxy) is 2. The van der Waals surface area contributed by atoms with E-state index in [4.69, 9.17) is 9.47 Å². The van der Waals surface area contributed by atoms with Crippen LogP contribution < -0.4 is 14.8 Å². The fraction of sp³-hybridized carbons (Fsp3) is 0.316. The van der Waals surface area contributed by atoms with Crippen LogP contribution >= 0.6 is 22.7 Å². The Morgan fingerprint density at radius 3 is 2.68 bits per heavy atom. The standard InChI is InChI=1S/C19H22N2O2S2/c1-13-11-25-19(21-13)17(8-14-6-7-24-12-14)20-10-15-4-5-16(22-2)9-18(15)23-3/h4-7,9,11-12,17,20H,8,10H2,1-3H3/t17-/m1/s1. The molecule has 3 rings (SSSR count). The minimum absolute atomic E-state index is 0.181. The molecule has 2 aromatic heterocycles. The van der Waals surface area contributed by atoms with Crippen molar-refractivity contribution in [2.45, 2.75) is 25.9 Å². The smallest absolute Gasteiger partial charge is 0.127 e. The van der Waals surface area contributed by atoms with Crippen molar-refractivity contribution in [3.8, 4) is 11.5 Å². The van der Waals surface area contributed by atoms with Gasteiger partial charge in [-0.3, -0.25) is 0 Å². The first-order valence-electron chi connectivity index (χ1n) is 8.07. The molecule has 1 atom stereocenters. The second-order valence-corrected chi connectivity index (χ2v) is 7.44. The molecule has 1 aromatic carbocycles. The van der Waals surface area contributed by atoms with Gasteiger partial charge in [0.15, 0.2) is 0 Å². The first kappa shape index (κ1) is 17.9. The summed E-state index contributed by atoms with van der Waals surface area (Å²) in [4.78, 5) is 4.68. The van der Waals surface area contributed by atoms with Crippen molar-refractivity contribution in [2.24, 2.45) is 0 Å². The summed E-state index contributed by atoms with van der Waals surface area (Å²) in [6, 6.07) is 8.27. The van der Waals surface area contributed by atoms with Crippen LogP contribution in [0.4, 0.5) is 0 Å². The summed E-state index contributed by atoms with van der Waals surface area (Å²) in [5, 5.41) is 11.2. The molecule has 1 N–H and O–H groups in total. The Bertz CT molecular complexity index is 800. The number of hydrogen-bond donors (Lipinski definition) is 1. The molecule has 0 unspecified atom stereocenters. The zero-order valence-electron chi connectivity index (χ0n) is 14.6. The van der Waals surface area contributed by atoms with Gasteiger partial charge in [-0.25, -0.2) is 4.98 Å². The van der Waals surface area contributed by atoms with Crippen LogP contribution in [-0.2, 0) is 13.0 Å². The lowest BCUT2D eigenvalue weighted by molar-refractivity contribution is 0.388. The maximum Gasteiger partial charge on any atom is 0.127 e. The third-order valence-electron chi connectivity index (χ3n) is 3.99. The van der Waals surface area contributed by atoms with E-state index in [1.807, 2.05) is 25.1 Å². The van der Waals surface area contributed by atoms with E-state index < -0.39 is 0 Å². The van der Waals surface area contributed by atoms with Crippen molar-refractivity contribution < 1.29 is 9.47 Å². The first-order valence-corrected chi connectivity index (χ1v) is 9.89. The van der Waals surface area contributed by atoms with Crippen molar-refractivity contribution in [2.75, 3.05) is 14.2 Å². The Morgan fingerprint density at radius 2 is 2.04 bits per heavy atom. The van der Waals surface area contributed by atoms with Gasteiger partial charge in [-0.1, -0.05) is 6.07 Å². The number of nitrogens with zero attached hydrogens (tertiary/aromatic N) is 1. The van der Waals surface area contributed by atoms with Crippen LogP contribution in [0.15, 0.2) is 40.4 Å². The predicted molar refractivity (Wildman–Crippen MR) is 104 cm³/mol. The van der Waals surface area contributed by atoms with Crippen molar-refractivity contribution in [3.63, 3.8) is 0 Å². The zero-order valence-corrected chi connectivity index (χ0v) is 16.2. The van der Waals surface area contributed by atoms with E-state index >= 15 is 0 Å². The SMILES string of the molecule is COc1ccc(CN[C@H](Cc2ccsc2)c2nc(C)cs2)c(OC)c1. The maximum atomic E-state index is 5.50. The number of nitrogens with one attached hydrogen (secondary N) is 1. The topological polar surface area (TPSA) is 43.4 Å². The highest BCUT2D eigenvalue weighted by molar-refractivity contribution is 7.09. The molecule has 3 aromatic rings. The summed E-state index contributed by atoms with van der Waals surface area (Å²) in [6.07, 6.45) is 0.926. The van der Waals surface area contributed by atoms with Crippen LogP contribution in [0.2, 0.25) is 0 Å². The summed E-state index contributed by atoms with van der Waals surface area (Å²) >= 11 is 3.44. The van der Waals surface area contributed by atoms with E-state index in [1.165, 1.54) is 5.56 Å². The average Bonchev–Trinajstić information content (AvgIpc) is 3.30. The Hall–Kier alpha value is -1.89. The number of benzene rings is 1. The normalized spacial score (nSPS) is 12.1. The molecule has 0 aliphatic carbocycles. The number of hydrogen-bond acceptors (Lipinski definition) is 6. The van der Waals surface area contributed by atoms with Gasteiger partial charge in [-0.2, -0.15) is 11.3 Å². The molecule has 0 saturated carbocycles. The molecule has 0 fully saturated rings. The van der Waals surface area contributed by atoms with Crippen LogP contribution in [-0.4, -0.2) is 19.2 Å². The Balaban J connectivity index is 1.76. The van der Waals surface area contributed by atoms with Crippen molar-refractivity contribution in [1.29, 1.82) is 0 Å². The van der Waals surface area contributed by atoms with E-state index in [0.717, 1.165) is 34.2 Å². The molecule has 6 heteroatoms. The van der Waals surface area contributed by atoms with E-state index in [0.29, 0.717) is 6.54 Å². The van der Waals surface area contributed by atoms with Gasteiger partial charge in [0, 0.05) is 29.2 Å². The van der Waals surface area contributed by atoms with E-state index in [-0.39, 0.29) is 6.04 Å². The van der Waals surface area contributed by atoms with Gasteiger partial charge in [0.1, 0.15) is 16.5 Å². The zero-order chi connectivity index (χ0) is 17.6. The van der Waals surface area contributed by atoms with Crippen LogP contribution in [0.1, 0.15) is 27.9 Å². The number of methoxy groups -OCH3 is 2. The van der Waals surface area contributed by atoms with E-state index in [2.05, 4.69) is 32.5 Å². The monoisotopic (exact) mass is 374 g/mol. The highest BCUT2D eigenvalue weighted by Gasteiger charge is 2.17. The number of aryl methyl sites for hydroxylation is 1. The number of thiazole rings is 1. The molecule has 0 aliphatic rings. The van der Waals surface area contributed by atoms with E-state index in [9.17, 15) is 0 Å². The highest BCUT2D eigenvalue weighted by atomic mass is 32.1. The molecule has 0 spiro atoms. The number of aromatic nitrogens is 1. The molecular weight excluding hydrogens is 352 g/mol. The summed E-state index contributed by atoms with van der Waals surface area (Å²) in [6.45, 7) is 2.74. The average molecular weight is 375 g/mol. The summed E-state index contributed by atoms with van der Waals surface area (Å²) in [5.41, 5.74) is 3.50. The molecule has 132 valence electrons. The second kappa shape index (κ2) is 8.47. The fourth-order valence-electron chi connectivity index (χ4n) is 2.65.